The number of aromatic nitrogens is 1. The molecule has 0 amide bonds. The van der Waals surface area contributed by atoms with E-state index in [1.165, 1.54) is 47.1 Å². The molecule has 1 unspecified atom stereocenters. The summed E-state index contributed by atoms with van der Waals surface area (Å²) in [5.41, 5.74) is 2.27. The number of hydrogen-bond donors (Lipinski definition) is 1. The Hall–Kier alpha value is -1.60. The second kappa shape index (κ2) is 4.96. The van der Waals surface area contributed by atoms with Crippen LogP contribution < -0.4 is 5.32 Å². The summed E-state index contributed by atoms with van der Waals surface area (Å²) in [5.74, 6) is 0.691. The van der Waals surface area contributed by atoms with Gasteiger partial charge in [-0.2, -0.15) is 0 Å². The van der Waals surface area contributed by atoms with E-state index in [-0.39, 0.29) is 5.60 Å². The average Bonchev–Trinajstić information content (AvgIpc) is 3.13. The summed E-state index contributed by atoms with van der Waals surface area (Å²) in [6.07, 6.45) is 2.65. The third-order valence-electron chi connectivity index (χ3n) is 5.45. The molecule has 1 N–H and O–H groups in total. The number of piperidine rings is 3. The van der Waals surface area contributed by atoms with E-state index in [1.807, 2.05) is 0 Å². The minimum atomic E-state index is -0.0207. The van der Waals surface area contributed by atoms with Gasteiger partial charge in [-0.15, -0.1) is 0 Å². The van der Waals surface area contributed by atoms with Gasteiger partial charge in [-0.05, 0) is 31.4 Å². The van der Waals surface area contributed by atoms with Crippen molar-refractivity contribution in [2.45, 2.75) is 25.4 Å². The van der Waals surface area contributed by atoms with Gasteiger partial charge in [0.15, 0.2) is 18.7 Å². The number of aliphatic imine (C=N–C) groups is 1. The monoisotopic (exact) mass is 342 g/mol. The maximum absolute atomic E-state index is 6.45. The first-order valence-electron chi connectivity index (χ1n) is 8.31. The van der Waals surface area contributed by atoms with Crippen LogP contribution >= 0.6 is 11.3 Å². The Bertz CT molecular complexity index is 842. The molecule has 4 aliphatic heterocycles. The number of quaternary nitrogens is 1. The number of anilines is 1. The van der Waals surface area contributed by atoms with E-state index in [0.717, 1.165) is 17.2 Å². The number of aryl methyl sites for hydroxylation is 1. The van der Waals surface area contributed by atoms with Gasteiger partial charge >= 0.3 is 0 Å². The van der Waals surface area contributed by atoms with Gasteiger partial charge in [0.25, 0.3) is 6.02 Å². The Labute approximate surface area is 146 Å². The molecule has 7 heteroatoms. The molecule has 3 fully saturated rings. The quantitative estimate of drug-likeness (QED) is 0.802. The zero-order valence-corrected chi connectivity index (χ0v) is 14.0. The van der Waals surface area contributed by atoms with Gasteiger partial charge in [0.05, 0.1) is 23.3 Å². The maximum atomic E-state index is 6.45. The van der Waals surface area contributed by atoms with Crippen LogP contribution in [-0.4, -0.2) is 55.2 Å². The molecule has 0 aliphatic carbocycles. The fourth-order valence-electron chi connectivity index (χ4n) is 4.18. The topological polar surface area (TPSA) is 46.5 Å². The van der Waals surface area contributed by atoms with Gasteiger partial charge in [0.2, 0.25) is 0 Å². The lowest BCUT2D eigenvalue weighted by atomic mass is 9.72. The van der Waals surface area contributed by atoms with E-state index in [2.05, 4.69) is 30.4 Å². The first-order valence-corrected chi connectivity index (χ1v) is 9.13. The van der Waals surface area contributed by atoms with Gasteiger partial charge < -0.3 is 9.13 Å². The molecule has 3 saturated heterocycles. The van der Waals surface area contributed by atoms with Crippen molar-refractivity contribution >= 4 is 40.7 Å². The second-order valence-electron chi connectivity index (χ2n) is 6.90. The van der Waals surface area contributed by atoms with Gasteiger partial charge in [-0.25, -0.2) is 9.98 Å². The van der Waals surface area contributed by atoms with Crippen LogP contribution in [0.5, 0.6) is 0 Å². The lowest BCUT2D eigenvalue weighted by Gasteiger charge is -2.60. The predicted octanol–water partition coefficient (Wildman–Crippen LogP) is 1.66. The number of hydrogen-bond acceptors (Lipinski definition) is 5. The first-order chi connectivity index (χ1) is 11.6. The molecule has 24 heavy (non-hydrogen) atoms. The van der Waals surface area contributed by atoms with E-state index in [0.29, 0.717) is 19.9 Å². The third-order valence-corrected chi connectivity index (χ3v) is 6.38. The van der Waals surface area contributed by atoms with Gasteiger partial charge in [-0.1, -0.05) is 23.5 Å². The summed E-state index contributed by atoms with van der Waals surface area (Å²) in [6, 6.07) is 7.00. The Morgan fingerprint density at radius 2 is 2.21 bits per heavy atom. The molecule has 5 heterocycles. The van der Waals surface area contributed by atoms with E-state index >= 15 is 0 Å². The molecule has 1 aromatic heterocycles. The van der Waals surface area contributed by atoms with Crippen LogP contribution in [0.1, 0.15) is 18.4 Å². The van der Waals surface area contributed by atoms with Crippen molar-refractivity contribution in [3.63, 3.8) is 0 Å². The highest BCUT2D eigenvalue weighted by atomic mass is 32.1. The van der Waals surface area contributed by atoms with Crippen LogP contribution in [-0.2, 0) is 4.74 Å². The van der Waals surface area contributed by atoms with E-state index < -0.39 is 0 Å². The zero-order valence-electron chi connectivity index (χ0n) is 13.2. The van der Waals surface area contributed by atoms with Crippen molar-refractivity contribution in [1.29, 1.82) is 0 Å². The molecule has 1 aromatic carbocycles. The number of ether oxygens (including phenoxy) is 1. The predicted molar refractivity (Wildman–Crippen MR) is 102 cm³/mol. The third kappa shape index (κ3) is 2.18. The van der Waals surface area contributed by atoms with Crippen molar-refractivity contribution in [2.24, 2.45) is 10.9 Å². The highest BCUT2D eigenvalue weighted by molar-refractivity contribution is 7.22. The Morgan fingerprint density at radius 3 is 2.96 bits per heavy atom. The summed E-state index contributed by atoms with van der Waals surface area (Å²) < 4.78 is 9.05. The van der Waals surface area contributed by atoms with Gasteiger partial charge in [0, 0.05) is 19.0 Å². The van der Waals surface area contributed by atoms with E-state index in [9.17, 15) is 0 Å². The molecule has 2 aromatic rings. The first kappa shape index (κ1) is 14.7. The number of rotatable bonds is 1. The molecule has 5 nitrogen and oxygen atoms in total. The summed E-state index contributed by atoms with van der Waals surface area (Å²) in [7, 11) is 0.299. The summed E-state index contributed by atoms with van der Waals surface area (Å²) in [4.78, 5) is 9.44. The van der Waals surface area contributed by atoms with Crippen molar-refractivity contribution in [3.8, 4) is 0 Å². The number of benzene rings is 1. The molecule has 1 spiro atoms. The SMILES string of the molecule is [BH3-][N+]12CCC(CC1)C1(CN=C(Nc3nc4c(C)cccc4s3)O1)C2. The summed E-state index contributed by atoms with van der Waals surface area (Å²) in [6.45, 7) is 6.93. The smallest absolute Gasteiger partial charge is 0.292 e. The molecule has 0 saturated carbocycles. The van der Waals surface area contributed by atoms with Crippen LogP contribution in [0.2, 0.25) is 0 Å². The Balaban J connectivity index is 1.36. The fourth-order valence-corrected chi connectivity index (χ4v) is 5.11. The van der Waals surface area contributed by atoms with E-state index in [4.69, 9.17) is 14.7 Å². The second-order valence-corrected chi connectivity index (χ2v) is 7.93. The summed E-state index contributed by atoms with van der Waals surface area (Å²) in [5, 5.41) is 4.24. The Morgan fingerprint density at radius 1 is 1.38 bits per heavy atom. The normalized spacial score (nSPS) is 34.6. The van der Waals surface area contributed by atoms with Crippen molar-refractivity contribution in [3.05, 3.63) is 23.8 Å². The van der Waals surface area contributed by atoms with Crippen molar-refractivity contribution in [2.75, 3.05) is 31.5 Å². The lowest BCUT2D eigenvalue weighted by molar-refractivity contribution is -0.845. The summed E-state index contributed by atoms with van der Waals surface area (Å²) >= 11 is 1.67. The number of fused-ring (bicyclic) bond motifs is 3. The largest absolute Gasteiger partial charge is 0.519 e. The van der Waals surface area contributed by atoms with Crippen molar-refractivity contribution in [1.82, 2.24) is 4.98 Å². The highest BCUT2D eigenvalue weighted by Gasteiger charge is 2.55. The van der Waals surface area contributed by atoms with Crippen LogP contribution in [0.15, 0.2) is 23.2 Å². The standard InChI is InChI=1S/C17H23BN4OS/c1-11-3-2-4-13-14(11)20-16(24-13)21-15-19-9-17(23-15)10-22(18)7-5-12(17)6-8-22/h2-4,12H,5-10H2,1,18H3,(H,19,20,21). The average molecular weight is 342 g/mol. The van der Waals surface area contributed by atoms with Crippen molar-refractivity contribution < 1.29 is 9.13 Å². The molecule has 1 atom stereocenters. The number of para-hydroxylation sites is 1. The zero-order chi connectivity index (χ0) is 16.4. The number of nitrogens with one attached hydrogen (secondary N) is 1. The van der Waals surface area contributed by atoms with Crippen LogP contribution in [0.4, 0.5) is 5.13 Å². The van der Waals surface area contributed by atoms with Gasteiger partial charge in [-0.3, -0.25) is 5.32 Å². The molecule has 4 aliphatic rings. The molecular weight excluding hydrogens is 319 g/mol. The number of nitrogens with zero attached hydrogens (tertiary/aromatic N) is 3. The maximum Gasteiger partial charge on any atom is 0.292 e. The Kier molecular flexibility index (Phi) is 3.04. The minimum absolute atomic E-state index is 0.0207. The molecule has 6 rings (SSSR count). The minimum Gasteiger partial charge on any atom is -0.519 e. The van der Waals surface area contributed by atoms with Crippen LogP contribution in [0, 0.1) is 12.8 Å². The molecular formula is C17H23BN4OS. The fraction of sp³-hybridized carbons (Fsp3) is 0.529. The molecule has 126 valence electrons. The lowest BCUT2D eigenvalue weighted by Crippen LogP contribution is -2.69. The van der Waals surface area contributed by atoms with Crippen LogP contribution in [0.25, 0.3) is 10.2 Å². The highest BCUT2D eigenvalue weighted by Crippen LogP contribution is 2.43. The van der Waals surface area contributed by atoms with Gasteiger partial charge in [0.1, 0.15) is 0 Å². The van der Waals surface area contributed by atoms with Crippen LogP contribution in [0.3, 0.4) is 0 Å². The van der Waals surface area contributed by atoms with E-state index in [1.54, 1.807) is 11.3 Å². The molecule has 2 bridgehead atoms. The number of thiazole rings is 1. The number of amidine groups is 1. The molecule has 0 radical (unpaired) electrons.